The van der Waals surface area contributed by atoms with Crippen molar-refractivity contribution in [1.29, 1.82) is 0 Å². The molecule has 37 heavy (non-hydrogen) atoms. The fraction of sp³-hybridized carbons (Fsp3) is 0.167. The van der Waals surface area contributed by atoms with Crippen molar-refractivity contribution in [2.75, 3.05) is 0 Å². The van der Waals surface area contributed by atoms with Gasteiger partial charge >= 0.3 is 0 Å². The standard InChI is InChI=1S/C36H33Si/c1-4-10-34-25-28(13-16-31(34)7-1)19-22-37(23-20-29-14-17-32-8-2-5-11-35(32)26-29)24-21-30-15-18-33-9-3-6-12-36(33)27-30/h1-18,25-27H,19-24H2. The summed E-state index contributed by atoms with van der Waals surface area (Å²) in [6.07, 6.45) is 3.57. The molecule has 0 fully saturated rings. The first kappa shape index (κ1) is 23.7. The molecule has 0 unspecified atom stereocenters. The van der Waals surface area contributed by atoms with Crippen LogP contribution in [0.3, 0.4) is 0 Å². The van der Waals surface area contributed by atoms with Crippen LogP contribution in [0, 0.1) is 0 Å². The molecule has 0 atom stereocenters. The van der Waals surface area contributed by atoms with Crippen LogP contribution in [0.15, 0.2) is 127 Å². The summed E-state index contributed by atoms with van der Waals surface area (Å²) in [5.41, 5.74) is 4.45. The minimum Gasteiger partial charge on any atom is -0.0616 e. The highest BCUT2D eigenvalue weighted by molar-refractivity contribution is 6.58. The van der Waals surface area contributed by atoms with E-state index < -0.39 is 8.80 Å². The van der Waals surface area contributed by atoms with Gasteiger partial charge in [-0.3, -0.25) is 0 Å². The summed E-state index contributed by atoms with van der Waals surface area (Å²) in [5, 5.41) is 8.10. The molecule has 0 N–H and O–H groups in total. The zero-order chi connectivity index (χ0) is 24.9. The van der Waals surface area contributed by atoms with Crippen molar-refractivity contribution in [3.05, 3.63) is 144 Å². The van der Waals surface area contributed by atoms with Crippen LogP contribution >= 0.6 is 0 Å². The first-order valence-electron chi connectivity index (χ1n) is 13.6. The molecular formula is C36H33Si. The van der Waals surface area contributed by atoms with E-state index in [1.807, 2.05) is 0 Å². The molecule has 0 aliphatic rings. The van der Waals surface area contributed by atoms with Gasteiger partial charge in [-0.15, -0.1) is 0 Å². The van der Waals surface area contributed by atoms with E-state index in [4.69, 9.17) is 0 Å². The van der Waals surface area contributed by atoms with Crippen LogP contribution in [0.25, 0.3) is 32.3 Å². The lowest BCUT2D eigenvalue weighted by Crippen LogP contribution is -2.15. The Morgan fingerprint density at radius 2 is 0.622 bits per heavy atom. The van der Waals surface area contributed by atoms with E-state index in [2.05, 4.69) is 127 Å². The van der Waals surface area contributed by atoms with E-state index in [-0.39, 0.29) is 0 Å². The lowest BCUT2D eigenvalue weighted by atomic mass is 10.1. The summed E-state index contributed by atoms with van der Waals surface area (Å²) in [7, 11) is -0.495. The third-order valence-electron chi connectivity index (χ3n) is 7.74. The van der Waals surface area contributed by atoms with Crippen LogP contribution in [-0.4, -0.2) is 8.80 Å². The monoisotopic (exact) mass is 493 g/mol. The molecule has 0 heterocycles. The lowest BCUT2D eigenvalue weighted by molar-refractivity contribution is 1.00. The van der Waals surface area contributed by atoms with Crippen molar-refractivity contribution < 1.29 is 0 Å². The average molecular weight is 494 g/mol. The number of hydrogen-bond acceptors (Lipinski definition) is 0. The van der Waals surface area contributed by atoms with Crippen LogP contribution in [0.5, 0.6) is 0 Å². The SMILES string of the molecule is c1ccc2cc(CC[Si](CCc3ccc4ccccc4c3)CCc3ccc4ccccc4c3)ccc2c1. The van der Waals surface area contributed by atoms with Gasteiger partial charge in [0.15, 0.2) is 0 Å². The summed E-state index contributed by atoms with van der Waals surface area (Å²) >= 11 is 0. The largest absolute Gasteiger partial charge is 0.0616 e. The summed E-state index contributed by atoms with van der Waals surface area (Å²) in [5.74, 6) is 0. The highest BCUT2D eigenvalue weighted by Gasteiger charge is 2.13. The molecule has 1 radical (unpaired) electrons. The number of rotatable bonds is 9. The number of hydrogen-bond donors (Lipinski definition) is 0. The maximum Gasteiger partial charge on any atom is 0.0489 e. The van der Waals surface area contributed by atoms with Crippen LogP contribution in [-0.2, 0) is 19.3 Å². The number of benzene rings is 6. The minimum atomic E-state index is -0.495. The predicted molar refractivity (Wildman–Crippen MR) is 163 cm³/mol. The zero-order valence-corrected chi connectivity index (χ0v) is 22.4. The molecular weight excluding hydrogens is 460 g/mol. The van der Waals surface area contributed by atoms with E-state index in [0.29, 0.717) is 0 Å². The zero-order valence-electron chi connectivity index (χ0n) is 21.4. The van der Waals surface area contributed by atoms with Crippen molar-refractivity contribution in [2.24, 2.45) is 0 Å². The molecule has 0 aliphatic carbocycles. The molecule has 181 valence electrons. The molecule has 1 heteroatoms. The normalized spacial score (nSPS) is 11.6. The maximum atomic E-state index is 2.40. The quantitative estimate of drug-likeness (QED) is 0.176. The van der Waals surface area contributed by atoms with Crippen LogP contribution in [0.1, 0.15) is 16.7 Å². The Bertz CT molecular complexity index is 1450. The van der Waals surface area contributed by atoms with Crippen molar-refractivity contribution in [3.63, 3.8) is 0 Å². The van der Waals surface area contributed by atoms with Crippen molar-refractivity contribution in [1.82, 2.24) is 0 Å². The lowest BCUT2D eigenvalue weighted by Gasteiger charge is -2.16. The summed E-state index contributed by atoms with van der Waals surface area (Å²) in [6.45, 7) is 0. The fourth-order valence-corrected chi connectivity index (χ4v) is 8.20. The topological polar surface area (TPSA) is 0 Å². The second kappa shape index (κ2) is 11.1. The van der Waals surface area contributed by atoms with Crippen molar-refractivity contribution >= 4 is 41.1 Å². The minimum absolute atomic E-state index is 0.495. The Hall–Kier alpha value is -3.68. The summed E-state index contributed by atoms with van der Waals surface area (Å²) in [6, 6.07) is 51.3. The van der Waals surface area contributed by atoms with E-state index in [1.165, 1.54) is 86.4 Å². The Labute approximate surface area is 222 Å². The molecule has 0 bridgehead atoms. The molecule has 0 amide bonds. The molecule has 0 saturated carbocycles. The van der Waals surface area contributed by atoms with Crippen molar-refractivity contribution in [2.45, 2.75) is 37.4 Å². The number of aryl methyl sites for hydroxylation is 3. The van der Waals surface area contributed by atoms with Crippen molar-refractivity contribution in [3.8, 4) is 0 Å². The van der Waals surface area contributed by atoms with Gasteiger partial charge in [0.1, 0.15) is 0 Å². The average Bonchev–Trinajstić information content (AvgIpc) is 2.96. The van der Waals surface area contributed by atoms with E-state index in [0.717, 1.165) is 0 Å². The first-order valence-corrected chi connectivity index (χ1v) is 15.7. The first-order chi connectivity index (χ1) is 18.3. The second-order valence-electron chi connectivity index (χ2n) is 10.3. The second-order valence-corrected chi connectivity index (χ2v) is 13.3. The van der Waals surface area contributed by atoms with Gasteiger partial charge in [0, 0.05) is 8.80 Å². The molecule has 6 aromatic rings. The third kappa shape index (κ3) is 5.84. The Morgan fingerprint density at radius 1 is 0.324 bits per heavy atom. The molecule has 0 aliphatic heterocycles. The smallest absolute Gasteiger partial charge is 0.0489 e. The van der Waals surface area contributed by atoms with Gasteiger partial charge in [-0.2, -0.15) is 0 Å². The van der Waals surface area contributed by atoms with Gasteiger partial charge in [-0.1, -0.05) is 146 Å². The predicted octanol–water partition coefficient (Wildman–Crippen LogP) is 9.67. The van der Waals surface area contributed by atoms with Gasteiger partial charge in [-0.05, 0) is 68.3 Å². The molecule has 0 aromatic heterocycles. The highest BCUT2D eigenvalue weighted by Crippen LogP contribution is 2.23. The van der Waals surface area contributed by atoms with Crippen LogP contribution in [0.4, 0.5) is 0 Å². The maximum absolute atomic E-state index is 2.40. The Morgan fingerprint density at radius 3 is 0.946 bits per heavy atom. The Kier molecular flexibility index (Phi) is 7.14. The van der Waals surface area contributed by atoms with Crippen LogP contribution < -0.4 is 0 Å². The van der Waals surface area contributed by atoms with Gasteiger partial charge in [0.25, 0.3) is 0 Å². The molecule has 0 nitrogen and oxygen atoms in total. The molecule has 6 aromatic carbocycles. The van der Waals surface area contributed by atoms with Gasteiger partial charge in [-0.25, -0.2) is 0 Å². The van der Waals surface area contributed by atoms with E-state index >= 15 is 0 Å². The molecule has 0 saturated heterocycles. The number of fused-ring (bicyclic) bond motifs is 3. The fourth-order valence-electron chi connectivity index (χ4n) is 5.52. The molecule has 0 spiro atoms. The summed E-state index contributed by atoms with van der Waals surface area (Å²) < 4.78 is 0. The Balaban J connectivity index is 1.17. The van der Waals surface area contributed by atoms with Gasteiger partial charge in [0.05, 0.1) is 0 Å². The molecule has 6 rings (SSSR count). The van der Waals surface area contributed by atoms with Crippen LogP contribution in [0.2, 0.25) is 18.1 Å². The van der Waals surface area contributed by atoms with Gasteiger partial charge < -0.3 is 0 Å². The summed E-state index contributed by atoms with van der Waals surface area (Å²) in [4.78, 5) is 0. The van der Waals surface area contributed by atoms with Gasteiger partial charge in [0.2, 0.25) is 0 Å². The third-order valence-corrected chi connectivity index (χ3v) is 10.6. The van der Waals surface area contributed by atoms with E-state index in [9.17, 15) is 0 Å². The highest BCUT2D eigenvalue weighted by atomic mass is 28.3. The van der Waals surface area contributed by atoms with E-state index in [1.54, 1.807) is 0 Å².